The number of hydrogen-bond donors (Lipinski definition) is 1. The molecule has 4 nitrogen and oxygen atoms in total. The highest BCUT2D eigenvalue weighted by Gasteiger charge is 2.31. The van der Waals surface area contributed by atoms with Gasteiger partial charge in [0.05, 0.1) is 6.04 Å². The summed E-state index contributed by atoms with van der Waals surface area (Å²) in [5.41, 5.74) is 0.929. The number of likely N-dealkylation sites (tertiary alicyclic amines) is 1. The van der Waals surface area contributed by atoms with Gasteiger partial charge >= 0.3 is 0 Å². The fourth-order valence-electron chi connectivity index (χ4n) is 2.54. The largest absolute Gasteiger partial charge is 0.351 e. The van der Waals surface area contributed by atoms with Gasteiger partial charge in [0.15, 0.2) is 0 Å². The van der Waals surface area contributed by atoms with E-state index in [4.69, 9.17) is 0 Å². The third-order valence-corrected chi connectivity index (χ3v) is 3.70. The van der Waals surface area contributed by atoms with Gasteiger partial charge in [-0.2, -0.15) is 0 Å². The highest BCUT2D eigenvalue weighted by Crippen LogP contribution is 2.14. The van der Waals surface area contributed by atoms with Crippen LogP contribution in [0.1, 0.15) is 32.3 Å². The molecule has 21 heavy (non-hydrogen) atoms. The molecule has 0 aliphatic carbocycles. The van der Waals surface area contributed by atoms with Gasteiger partial charge in [0.1, 0.15) is 5.82 Å². The van der Waals surface area contributed by atoms with Crippen molar-refractivity contribution in [1.82, 2.24) is 10.2 Å². The van der Waals surface area contributed by atoms with Crippen molar-refractivity contribution >= 4 is 11.8 Å². The van der Waals surface area contributed by atoms with E-state index in [1.807, 2.05) is 13.8 Å². The molecule has 0 spiro atoms. The van der Waals surface area contributed by atoms with E-state index < -0.39 is 0 Å². The Balaban J connectivity index is 1.77. The number of nitrogens with zero attached hydrogens (tertiary/aromatic N) is 1. The molecule has 0 radical (unpaired) electrons. The zero-order valence-corrected chi connectivity index (χ0v) is 12.4. The van der Waals surface area contributed by atoms with Crippen molar-refractivity contribution in [3.8, 4) is 0 Å². The first-order chi connectivity index (χ1) is 9.95. The van der Waals surface area contributed by atoms with Crippen molar-refractivity contribution in [3.05, 3.63) is 35.6 Å². The molecule has 114 valence electrons. The summed E-state index contributed by atoms with van der Waals surface area (Å²) in [7, 11) is 0. The average molecular weight is 292 g/mol. The maximum atomic E-state index is 12.8. The number of halogens is 1. The van der Waals surface area contributed by atoms with Crippen LogP contribution >= 0.6 is 0 Å². The van der Waals surface area contributed by atoms with E-state index >= 15 is 0 Å². The molecule has 1 heterocycles. The summed E-state index contributed by atoms with van der Waals surface area (Å²) in [5, 5.41) is 2.90. The first kappa shape index (κ1) is 15.5. The zero-order valence-electron chi connectivity index (χ0n) is 12.4. The molecule has 2 amide bonds. The molecular weight excluding hydrogens is 271 g/mol. The van der Waals surface area contributed by atoms with E-state index in [0.717, 1.165) is 5.56 Å². The van der Waals surface area contributed by atoms with Crippen LogP contribution in [0.4, 0.5) is 4.39 Å². The molecule has 1 aromatic rings. The van der Waals surface area contributed by atoms with Gasteiger partial charge < -0.3 is 10.2 Å². The Hall–Kier alpha value is -1.91. The molecule has 2 rings (SSSR count). The van der Waals surface area contributed by atoms with Gasteiger partial charge in [-0.25, -0.2) is 4.39 Å². The van der Waals surface area contributed by atoms with Gasteiger partial charge in [-0.1, -0.05) is 12.1 Å². The van der Waals surface area contributed by atoms with Gasteiger partial charge in [0.25, 0.3) is 0 Å². The molecule has 5 heteroatoms. The number of hydrogen-bond acceptors (Lipinski definition) is 2. The highest BCUT2D eigenvalue weighted by atomic mass is 19.1. The van der Waals surface area contributed by atoms with Crippen LogP contribution in [0, 0.1) is 5.82 Å². The topological polar surface area (TPSA) is 49.4 Å². The number of carbonyl (C=O) groups excluding carboxylic acids is 2. The van der Waals surface area contributed by atoms with E-state index in [0.29, 0.717) is 25.8 Å². The van der Waals surface area contributed by atoms with Crippen LogP contribution in [-0.4, -0.2) is 35.3 Å². The number of carbonyl (C=O) groups is 2. The molecule has 1 atom stereocenters. The maximum absolute atomic E-state index is 12.8. The summed E-state index contributed by atoms with van der Waals surface area (Å²) in [4.78, 5) is 25.4. The van der Waals surface area contributed by atoms with E-state index in [9.17, 15) is 14.0 Å². The molecule has 0 saturated carbocycles. The van der Waals surface area contributed by atoms with Crippen LogP contribution < -0.4 is 5.32 Å². The molecule has 0 bridgehead atoms. The Bertz CT molecular complexity index is 514. The fourth-order valence-corrected chi connectivity index (χ4v) is 2.54. The minimum atomic E-state index is -0.276. The molecule has 1 unspecified atom stereocenters. The Morgan fingerprint density at radius 3 is 2.62 bits per heavy atom. The van der Waals surface area contributed by atoms with Crippen LogP contribution in [0.5, 0.6) is 0 Å². The van der Waals surface area contributed by atoms with Gasteiger partial charge in [0.2, 0.25) is 11.8 Å². The number of aryl methyl sites for hydroxylation is 1. The lowest BCUT2D eigenvalue weighted by Crippen LogP contribution is -2.38. The molecule has 1 N–H and O–H groups in total. The van der Waals surface area contributed by atoms with E-state index in [2.05, 4.69) is 5.32 Å². The lowest BCUT2D eigenvalue weighted by Gasteiger charge is -2.21. The fraction of sp³-hybridized carbons (Fsp3) is 0.500. The molecule has 1 aliphatic heterocycles. The first-order valence-electron chi connectivity index (χ1n) is 7.29. The predicted molar refractivity (Wildman–Crippen MR) is 78.1 cm³/mol. The monoisotopic (exact) mass is 292 g/mol. The summed E-state index contributed by atoms with van der Waals surface area (Å²) in [6, 6.07) is 6.22. The summed E-state index contributed by atoms with van der Waals surface area (Å²) >= 11 is 0. The molecule has 0 aromatic heterocycles. The quantitative estimate of drug-likeness (QED) is 0.901. The van der Waals surface area contributed by atoms with Crippen molar-refractivity contribution in [3.63, 3.8) is 0 Å². The second-order valence-corrected chi connectivity index (χ2v) is 5.73. The van der Waals surface area contributed by atoms with Gasteiger partial charge in [-0.3, -0.25) is 9.59 Å². The second-order valence-electron chi connectivity index (χ2n) is 5.73. The number of nitrogens with one attached hydrogen (secondary N) is 1. The summed E-state index contributed by atoms with van der Waals surface area (Å²) in [5.74, 6) is -0.252. The van der Waals surface area contributed by atoms with Gasteiger partial charge in [0, 0.05) is 25.4 Å². The van der Waals surface area contributed by atoms with Crippen LogP contribution in [0.3, 0.4) is 0 Å². The summed E-state index contributed by atoms with van der Waals surface area (Å²) in [6.07, 6.45) is 1.29. The lowest BCUT2D eigenvalue weighted by molar-refractivity contribution is -0.129. The Kier molecular flexibility index (Phi) is 4.94. The Morgan fingerprint density at radius 1 is 1.38 bits per heavy atom. The average Bonchev–Trinajstić information content (AvgIpc) is 2.79. The standard InChI is InChI=1S/C16H21FN2O2/c1-11(2)19-10-14(9-16(19)21)18-15(20)8-5-12-3-6-13(17)7-4-12/h3-4,6-7,11,14H,5,8-10H2,1-2H3,(H,18,20). The van der Waals surface area contributed by atoms with Crippen LogP contribution in [0.15, 0.2) is 24.3 Å². The highest BCUT2D eigenvalue weighted by molar-refractivity contribution is 5.82. The zero-order chi connectivity index (χ0) is 15.4. The SMILES string of the molecule is CC(C)N1CC(NC(=O)CCc2ccc(F)cc2)CC1=O. The van der Waals surface area contributed by atoms with Gasteiger partial charge in [-0.05, 0) is 38.0 Å². The molecule has 1 aromatic carbocycles. The predicted octanol–water partition coefficient (Wildman–Crippen LogP) is 1.88. The number of amides is 2. The molecular formula is C16H21FN2O2. The normalized spacial score (nSPS) is 18.4. The van der Waals surface area contributed by atoms with Crippen molar-refractivity contribution in [2.24, 2.45) is 0 Å². The van der Waals surface area contributed by atoms with E-state index in [-0.39, 0.29) is 29.7 Å². The maximum Gasteiger partial charge on any atom is 0.225 e. The van der Waals surface area contributed by atoms with Crippen molar-refractivity contribution in [2.45, 2.75) is 45.2 Å². The number of benzene rings is 1. The van der Waals surface area contributed by atoms with Crippen LogP contribution in [0.2, 0.25) is 0 Å². The lowest BCUT2D eigenvalue weighted by atomic mass is 10.1. The third kappa shape index (κ3) is 4.28. The Morgan fingerprint density at radius 2 is 2.05 bits per heavy atom. The summed E-state index contributed by atoms with van der Waals surface area (Å²) < 4.78 is 12.8. The summed E-state index contributed by atoms with van der Waals surface area (Å²) in [6.45, 7) is 4.52. The van der Waals surface area contributed by atoms with Crippen molar-refractivity contribution in [1.29, 1.82) is 0 Å². The Labute approximate surface area is 124 Å². The third-order valence-electron chi connectivity index (χ3n) is 3.70. The molecule has 1 saturated heterocycles. The molecule has 1 aliphatic rings. The van der Waals surface area contributed by atoms with Gasteiger partial charge in [-0.15, -0.1) is 0 Å². The van der Waals surface area contributed by atoms with Crippen molar-refractivity contribution in [2.75, 3.05) is 6.54 Å². The minimum absolute atomic E-state index is 0.0669. The smallest absolute Gasteiger partial charge is 0.225 e. The van der Waals surface area contributed by atoms with Crippen LogP contribution in [0.25, 0.3) is 0 Å². The second kappa shape index (κ2) is 6.70. The van der Waals surface area contributed by atoms with Crippen LogP contribution in [-0.2, 0) is 16.0 Å². The van der Waals surface area contributed by atoms with E-state index in [1.54, 1.807) is 17.0 Å². The number of rotatable bonds is 5. The molecule has 1 fully saturated rings. The first-order valence-corrected chi connectivity index (χ1v) is 7.29. The minimum Gasteiger partial charge on any atom is -0.351 e. The van der Waals surface area contributed by atoms with E-state index in [1.165, 1.54) is 12.1 Å². The van der Waals surface area contributed by atoms with Crippen molar-refractivity contribution < 1.29 is 14.0 Å².